The van der Waals surface area contributed by atoms with Crippen LogP contribution in [-0.4, -0.2) is 31.0 Å². The van der Waals surface area contributed by atoms with Gasteiger partial charge >= 0.3 is 11.9 Å². The van der Waals surface area contributed by atoms with Crippen molar-refractivity contribution in [3.8, 4) is 17.2 Å². The molecule has 44 heavy (non-hydrogen) atoms. The van der Waals surface area contributed by atoms with E-state index in [-0.39, 0.29) is 5.91 Å². The molecule has 0 fully saturated rings. The van der Waals surface area contributed by atoms with Gasteiger partial charge in [0, 0.05) is 12.1 Å². The number of rotatable bonds is 20. The van der Waals surface area contributed by atoms with Gasteiger partial charge in [-0.05, 0) is 85.6 Å². The van der Waals surface area contributed by atoms with Crippen LogP contribution >= 0.6 is 0 Å². The van der Waals surface area contributed by atoms with Gasteiger partial charge in [-0.15, -0.1) is 0 Å². The van der Waals surface area contributed by atoms with Gasteiger partial charge in [0.15, 0.2) is 0 Å². The van der Waals surface area contributed by atoms with Crippen molar-refractivity contribution >= 4 is 17.8 Å². The molecular weight excluding hydrogens is 554 g/mol. The highest BCUT2D eigenvalue weighted by atomic mass is 16.5. The topological polar surface area (TPSA) is 90.9 Å². The third-order valence-corrected chi connectivity index (χ3v) is 7.30. The largest absolute Gasteiger partial charge is 0.494 e. The number of carbonyl (C=O) groups excluding carboxylic acids is 3. The highest BCUT2D eigenvalue weighted by Crippen LogP contribution is 2.19. The highest BCUT2D eigenvalue weighted by Gasteiger charge is 2.13. The first kappa shape index (κ1) is 34.4. The SMILES string of the molecule is CCCCCCCCNC(=O)c1ccc(OC(=O)c2ccc(OC(=O)c3ccc(OCCCCCCCC)cc3)cc2)cc1. The summed E-state index contributed by atoms with van der Waals surface area (Å²) in [5.74, 6) is 0.163. The van der Waals surface area contributed by atoms with Crippen LogP contribution in [0.5, 0.6) is 17.2 Å². The van der Waals surface area contributed by atoms with Gasteiger partial charge in [-0.2, -0.15) is 0 Å². The molecule has 3 rings (SSSR count). The minimum atomic E-state index is -0.556. The van der Waals surface area contributed by atoms with E-state index in [4.69, 9.17) is 14.2 Å². The van der Waals surface area contributed by atoms with Gasteiger partial charge in [-0.3, -0.25) is 4.79 Å². The average molecular weight is 602 g/mol. The van der Waals surface area contributed by atoms with E-state index in [0.717, 1.165) is 31.4 Å². The standard InChI is InChI=1S/C37H47NO6/c1-3-5-7-9-11-13-27-38-35(39)29-15-23-33(24-16-29)43-37(41)31-19-25-34(26-20-31)44-36(40)30-17-21-32(22-18-30)42-28-14-12-10-8-6-4-2/h15-26H,3-14,27-28H2,1-2H3,(H,38,39). The summed E-state index contributed by atoms with van der Waals surface area (Å²) < 4.78 is 16.7. The van der Waals surface area contributed by atoms with Crippen LogP contribution in [0.3, 0.4) is 0 Å². The lowest BCUT2D eigenvalue weighted by atomic mass is 10.1. The maximum atomic E-state index is 12.6. The van der Waals surface area contributed by atoms with E-state index in [1.807, 2.05) is 0 Å². The molecular formula is C37H47NO6. The third kappa shape index (κ3) is 12.6. The molecule has 0 aromatic heterocycles. The van der Waals surface area contributed by atoms with Crippen molar-refractivity contribution in [2.45, 2.75) is 90.9 Å². The van der Waals surface area contributed by atoms with Crippen molar-refractivity contribution in [3.05, 3.63) is 89.5 Å². The van der Waals surface area contributed by atoms with Gasteiger partial charge in [-0.25, -0.2) is 9.59 Å². The van der Waals surface area contributed by atoms with E-state index in [0.29, 0.717) is 41.3 Å². The van der Waals surface area contributed by atoms with E-state index >= 15 is 0 Å². The molecule has 0 unspecified atom stereocenters. The van der Waals surface area contributed by atoms with Crippen LogP contribution in [-0.2, 0) is 0 Å². The smallest absolute Gasteiger partial charge is 0.343 e. The third-order valence-electron chi connectivity index (χ3n) is 7.30. The van der Waals surface area contributed by atoms with Gasteiger partial charge in [0.25, 0.3) is 5.91 Å². The second-order valence-corrected chi connectivity index (χ2v) is 11.0. The summed E-state index contributed by atoms with van der Waals surface area (Å²) in [5.41, 5.74) is 1.22. The Bertz CT molecular complexity index is 1270. The summed E-state index contributed by atoms with van der Waals surface area (Å²) in [5, 5.41) is 2.93. The first-order valence-electron chi connectivity index (χ1n) is 16.2. The molecule has 3 aromatic carbocycles. The molecule has 0 saturated carbocycles. The molecule has 3 aromatic rings. The normalized spacial score (nSPS) is 10.7. The maximum Gasteiger partial charge on any atom is 0.343 e. The Balaban J connectivity index is 1.39. The lowest BCUT2D eigenvalue weighted by molar-refractivity contribution is 0.0730. The molecule has 1 amide bonds. The zero-order valence-corrected chi connectivity index (χ0v) is 26.3. The van der Waals surface area contributed by atoms with Crippen molar-refractivity contribution in [1.82, 2.24) is 5.32 Å². The Morgan fingerprint density at radius 1 is 0.500 bits per heavy atom. The Kier molecular flexibility index (Phi) is 15.6. The van der Waals surface area contributed by atoms with Crippen molar-refractivity contribution < 1.29 is 28.6 Å². The monoisotopic (exact) mass is 601 g/mol. The Labute approximate surface area is 262 Å². The molecule has 7 heteroatoms. The van der Waals surface area contributed by atoms with Crippen LogP contribution in [0.4, 0.5) is 0 Å². The second-order valence-electron chi connectivity index (χ2n) is 11.0. The van der Waals surface area contributed by atoms with Crippen molar-refractivity contribution in [2.24, 2.45) is 0 Å². The molecule has 0 bridgehead atoms. The first-order valence-corrected chi connectivity index (χ1v) is 16.2. The molecule has 0 atom stereocenters. The molecule has 0 heterocycles. The molecule has 0 spiro atoms. The Morgan fingerprint density at radius 3 is 1.41 bits per heavy atom. The summed E-state index contributed by atoms with van der Waals surface area (Å²) in [6, 6.07) is 19.5. The Morgan fingerprint density at radius 2 is 0.909 bits per heavy atom. The predicted molar refractivity (Wildman–Crippen MR) is 174 cm³/mol. The van der Waals surface area contributed by atoms with Gasteiger partial charge in [0.1, 0.15) is 17.2 Å². The van der Waals surface area contributed by atoms with Crippen LogP contribution in [0.2, 0.25) is 0 Å². The van der Waals surface area contributed by atoms with Gasteiger partial charge in [-0.1, -0.05) is 78.1 Å². The lowest BCUT2D eigenvalue weighted by Crippen LogP contribution is -2.24. The fourth-order valence-electron chi connectivity index (χ4n) is 4.63. The minimum Gasteiger partial charge on any atom is -0.494 e. The number of nitrogens with one attached hydrogen (secondary N) is 1. The van der Waals surface area contributed by atoms with Crippen LogP contribution < -0.4 is 19.5 Å². The van der Waals surface area contributed by atoms with E-state index in [1.54, 1.807) is 60.7 Å². The first-order chi connectivity index (χ1) is 21.5. The summed E-state index contributed by atoms with van der Waals surface area (Å²) >= 11 is 0. The van der Waals surface area contributed by atoms with Crippen molar-refractivity contribution in [1.29, 1.82) is 0 Å². The van der Waals surface area contributed by atoms with E-state index in [9.17, 15) is 14.4 Å². The fraction of sp³-hybridized carbons (Fsp3) is 0.432. The molecule has 0 aliphatic heterocycles. The number of ether oxygens (including phenoxy) is 3. The quantitative estimate of drug-likeness (QED) is 0.0790. The summed E-state index contributed by atoms with van der Waals surface area (Å²) in [4.78, 5) is 37.6. The number of unbranched alkanes of at least 4 members (excludes halogenated alkanes) is 10. The molecule has 0 aliphatic carbocycles. The highest BCUT2D eigenvalue weighted by molar-refractivity contribution is 5.95. The van der Waals surface area contributed by atoms with Crippen LogP contribution in [0.1, 0.15) is 122 Å². The van der Waals surface area contributed by atoms with Gasteiger partial charge in [0.2, 0.25) is 0 Å². The summed E-state index contributed by atoms with van der Waals surface area (Å²) in [6.45, 7) is 5.71. The Hall–Kier alpha value is -4.13. The number of benzene rings is 3. The average Bonchev–Trinajstić information content (AvgIpc) is 3.04. The lowest BCUT2D eigenvalue weighted by Gasteiger charge is -2.09. The zero-order valence-electron chi connectivity index (χ0n) is 26.3. The molecule has 236 valence electrons. The second kappa shape index (κ2) is 19.9. The number of esters is 2. The number of hydrogen-bond acceptors (Lipinski definition) is 6. The van der Waals surface area contributed by atoms with Crippen molar-refractivity contribution in [2.75, 3.05) is 13.2 Å². The molecule has 0 aliphatic rings. The molecule has 0 radical (unpaired) electrons. The van der Waals surface area contributed by atoms with E-state index < -0.39 is 11.9 Å². The predicted octanol–water partition coefficient (Wildman–Crippen LogP) is 8.95. The zero-order chi connectivity index (χ0) is 31.4. The number of carbonyl (C=O) groups is 3. The molecule has 7 nitrogen and oxygen atoms in total. The number of hydrogen-bond donors (Lipinski definition) is 1. The van der Waals surface area contributed by atoms with Crippen LogP contribution in [0.15, 0.2) is 72.8 Å². The molecule has 1 N–H and O–H groups in total. The summed E-state index contributed by atoms with van der Waals surface area (Å²) in [7, 11) is 0. The van der Waals surface area contributed by atoms with Crippen LogP contribution in [0.25, 0.3) is 0 Å². The molecule has 0 saturated heterocycles. The van der Waals surface area contributed by atoms with Gasteiger partial charge in [0.05, 0.1) is 17.7 Å². The fourth-order valence-corrected chi connectivity index (χ4v) is 4.63. The number of amides is 1. The summed E-state index contributed by atoms with van der Waals surface area (Å²) in [6.07, 6.45) is 14.2. The van der Waals surface area contributed by atoms with Gasteiger partial charge < -0.3 is 19.5 Å². The van der Waals surface area contributed by atoms with Crippen molar-refractivity contribution in [3.63, 3.8) is 0 Å². The minimum absolute atomic E-state index is 0.144. The van der Waals surface area contributed by atoms with E-state index in [1.165, 1.54) is 63.5 Å². The maximum absolute atomic E-state index is 12.6. The van der Waals surface area contributed by atoms with Crippen LogP contribution in [0, 0.1) is 0 Å². The van der Waals surface area contributed by atoms with E-state index in [2.05, 4.69) is 19.2 Å².